The Hall–Kier alpha value is -4.79. The highest BCUT2D eigenvalue weighted by Crippen LogP contribution is 2.32. The van der Waals surface area contributed by atoms with Gasteiger partial charge in [-0.15, -0.1) is 0 Å². The molecule has 0 unspecified atom stereocenters. The average Bonchev–Trinajstić information content (AvgIpc) is 2.92. The second-order valence-electron chi connectivity index (χ2n) is 8.34. The number of fused-ring (bicyclic) bond motifs is 1. The van der Waals surface area contributed by atoms with Gasteiger partial charge in [0.05, 0.1) is 22.7 Å². The summed E-state index contributed by atoms with van der Waals surface area (Å²) in [7, 11) is 0. The first-order valence-corrected chi connectivity index (χ1v) is 11.5. The summed E-state index contributed by atoms with van der Waals surface area (Å²) in [4.78, 5) is 17.7. The van der Waals surface area contributed by atoms with E-state index in [4.69, 9.17) is 4.74 Å². The SMILES string of the molecule is O=c1c2ccccc2nc(-c2cccc(C(F)(F)F)c2)n1N=Cc1ccc(OCc2ccccc2F)cc1. The van der Waals surface area contributed by atoms with E-state index in [0.717, 1.165) is 16.8 Å². The van der Waals surface area contributed by atoms with Gasteiger partial charge in [-0.25, -0.2) is 9.37 Å². The van der Waals surface area contributed by atoms with Crippen molar-refractivity contribution in [3.8, 4) is 17.1 Å². The fraction of sp³-hybridized carbons (Fsp3) is 0.0690. The number of rotatable bonds is 6. The molecule has 0 bridgehead atoms. The summed E-state index contributed by atoms with van der Waals surface area (Å²) in [5.41, 5.74) is 0.0641. The molecular formula is C29H19F4N3O2. The first kappa shape index (κ1) is 24.9. The maximum atomic E-state index is 13.8. The van der Waals surface area contributed by atoms with Gasteiger partial charge in [0.2, 0.25) is 0 Å². The molecule has 0 atom stereocenters. The third kappa shape index (κ3) is 5.31. The topological polar surface area (TPSA) is 56.5 Å². The highest BCUT2D eigenvalue weighted by molar-refractivity contribution is 5.82. The Labute approximate surface area is 214 Å². The quantitative estimate of drug-likeness (QED) is 0.186. The Kier molecular flexibility index (Phi) is 6.74. The van der Waals surface area contributed by atoms with Crippen LogP contribution >= 0.6 is 0 Å². The molecule has 4 aromatic carbocycles. The van der Waals surface area contributed by atoms with E-state index in [9.17, 15) is 22.4 Å². The van der Waals surface area contributed by atoms with E-state index in [1.807, 2.05) is 0 Å². The van der Waals surface area contributed by atoms with Crippen LogP contribution in [0.5, 0.6) is 5.75 Å². The number of ether oxygens (including phenoxy) is 1. The molecule has 0 N–H and O–H groups in total. The van der Waals surface area contributed by atoms with E-state index in [0.29, 0.717) is 22.4 Å². The minimum absolute atomic E-state index is 0.0270. The predicted molar refractivity (Wildman–Crippen MR) is 137 cm³/mol. The highest BCUT2D eigenvalue weighted by Gasteiger charge is 2.31. The summed E-state index contributed by atoms with van der Waals surface area (Å²) in [6, 6.07) is 24.1. The summed E-state index contributed by atoms with van der Waals surface area (Å²) in [5.74, 6) is 0.114. The minimum atomic E-state index is -4.56. The molecule has 0 aliphatic heterocycles. The van der Waals surface area contributed by atoms with Crippen molar-refractivity contribution in [3.05, 3.63) is 130 Å². The lowest BCUT2D eigenvalue weighted by Gasteiger charge is -2.12. The lowest BCUT2D eigenvalue weighted by atomic mass is 10.1. The lowest BCUT2D eigenvalue weighted by molar-refractivity contribution is -0.137. The zero-order valence-corrected chi connectivity index (χ0v) is 19.7. The molecule has 5 rings (SSSR count). The van der Waals surface area contributed by atoms with Crippen LogP contribution in [0.25, 0.3) is 22.3 Å². The molecule has 1 heterocycles. The van der Waals surface area contributed by atoms with E-state index >= 15 is 0 Å². The first-order chi connectivity index (χ1) is 18.3. The van der Waals surface area contributed by atoms with Gasteiger partial charge in [0.1, 0.15) is 18.2 Å². The molecule has 0 aliphatic carbocycles. The second kappa shape index (κ2) is 10.3. The molecule has 0 amide bonds. The van der Waals surface area contributed by atoms with Crippen LogP contribution in [0.1, 0.15) is 16.7 Å². The van der Waals surface area contributed by atoms with Crippen molar-refractivity contribution >= 4 is 17.1 Å². The van der Waals surface area contributed by atoms with Gasteiger partial charge >= 0.3 is 6.18 Å². The van der Waals surface area contributed by atoms with Crippen molar-refractivity contribution < 1.29 is 22.3 Å². The van der Waals surface area contributed by atoms with Gasteiger partial charge in [-0.05, 0) is 60.2 Å². The average molecular weight is 517 g/mol. The number of nitrogens with zero attached hydrogens (tertiary/aromatic N) is 3. The first-order valence-electron chi connectivity index (χ1n) is 11.5. The van der Waals surface area contributed by atoms with Gasteiger partial charge in [-0.3, -0.25) is 4.79 Å². The lowest BCUT2D eigenvalue weighted by Crippen LogP contribution is -2.20. The number of halogens is 4. The van der Waals surface area contributed by atoms with Crippen LogP contribution < -0.4 is 10.3 Å². The molecule has 0 aliphatic rings. The van der Waals surface area contributed by atoms with Gasteiger partial charge in [-0.2, -0.15) is 22.9 Å². The zero-order chi connectivity index (χ0) is 26.7. The van der Waals surface area contributed by atoms with E-state index in [-0.39, 0.29) is 29.2 Å². The van der Waals surface area contributed by atoms with Crippen molar-refractivity contribution in [1.82, 2.24) is 9.66 Å². The number of hydrogen-bond donors (Lipinski definition) is 0. The van der Waals surface area contributed by atoms with Crippen LogP contribution in [0.15, 0.2) is 107 Å². The van der Waals surface area contributed by atoms with Crippen molar-refractivity contribution in [2.24, 2.45) is 5.10 Å². The highest BCUT2D eigenvalue weighted by atomic mass is 19.4. The minimum Gasteiger partial charge on any atom is -0.489 e. The van der Waals surface area contributed by atoms with Crippen LogP contribution in [0, 0.1) is 5.82 Å². The fourth-order valence-corrected chi connectivity index (χ4v) is 3.80. The molecule has 38 heavy (non-hydrogen) atoms. The third-order valence-corrected chi connectivity index (χ3v) is 5.76. The van der Waals surface area contributed by atoms with Crippen LogP contribution in [0.3, 0.4) is 0 Å². The van der Waals surface area contributed by atoms with E-state index in [1.165, 1.54) is 24.4 Å². The maximum absolute atomic E-state index is 13.8. The van der Waals surface area contributed by atoms with E-state index in [2.05, 4.69) is 10.1 Å². The van der Waals surface area contributed by atoms with Crippen LogP contribution in [-0.2, 0) is 12.8 Å². The molecule has 0 fully saturated rings. The van der Waals surface area contributed by atoms with Gasteiger partial charge in [0.25, 0.3) is 5.56 Å². The van der Waals surface area contributed by atoms with Crippen LogP contribution in [0.2, 0.25) is 0 Å². The molecule has 5 aromatic rings. The largest absolute Gasteiger partial charge is 0.489 e. The summed E-state index contributed by atoms with van der Waals surface area (Å²) in [6.45, 7) is 0.0542. The van der Waals surface area contributed by atoms with Crippen LogP contribution in [-0.4, -0.2) is 15.9 Å². The third-order valence-electron chi connectivity index (χ3n) is 5.76. The monoisotopic (exact) mass is 517 g/mol. The fourth-order valence-electron chi connectivity index (χ4n) is 3.80. The number of benzene rings is 4. The molecular weight excluding hydrogens is 498 g/mol. The maximum Gasteiger partial charge on any atom is 0.416 e. The second-order valence-corrected chi connectivity index (χ2v) is 8.34. The number of aromatic nitrogens is 2. The predicted octanol–water partition coefficient (Wildman–Crippen LogP) is 6.68. The van der Waals surface area contributed by atoms with Crippen molar-refractivity contribution in [2.45, 2.75) is 12.8 Å². The molecule has 1 aromatic heterocycles. The Balaban J connectivity index is 1.47. The standard InChI is InChI=1S/C29H19F4N3O2/c30-25-10-3-1-6-21(25)18-38-23-14-12-19(13-15-23)17-34-36-27(20-7-5-8-22(16-20)29(31,32)33)35-26-11-4-2-9-24(26)28(36)37/h1-17H,18H2. The smallest absolute Gasteiger partial charge is 0.416 e. The Morgan fingerprint density at radius 3 is 2.39 bits per heavy atom. The van der Waals surface area contributed by atoms with Crippen molar-refractivity contribution in [1.29, 1.82) is 0 Å². The Morgan fingerprint density at radius 2 is 1.63 bits per heavy atom. The van der Waals surface area contributed by atoms with Crippen molar-refractivity contribution in [3.63, 3.8) is 0 Å². The molecule has 190 valence electrons. The number of alkyl halides is 3. The molecule has 0 spiro atoms. The van der Waals surface area contributed by atoms with E-state index < -0.39 is 17.3 Å². The molecule has 0 saturated heterocycles. The molecule has 0 radical (unpaired) electrons. The van der Waals surface area contributed by atoms with Gasteiger partial charge in [-0.1, -0.05) is 42.5 Å². The molecule has 5 nitrogen and oxygen atoms in total. The molecule has 9 heteroatoms. The zero-order valence-electron chi connectivity index (χ0n) is 19.7. The van der Waals surface area contributed by atoms with E-state index in [1.54, 1.807) is 66.7 Å². The summed E-state index contributed by atoms with van der Waals surface area (Å²) >= 11 is 0. The summed E-state index contributed by atoms with van der Waals surface area (Å²) in [6.07, 6.45) is -3.16. The van der Waals surface area contributed by atoms with Crippen LogP contribution in [0.4, 0.5) is 17.6 Å². The summed E-state index contributed by atoms with van der Waals surface area (Å²) < 4.78 is 60.4. The Morgan fingerprint density at radius 1 is 0.895 bits per heavy atom. The summed E-state index contributed by atoms with van der Waals surface area (Å²) in [5, 5.41) is 4.55. The normalized spacial score (nSPS) is 11.8. The van der Waals surface area contributed by atoms with Gasteiger partial charge < -0.3 is 4.74 Å². The van der Waals surface area contributed by atoms with Gasteiger partial charge in [0.15, 0.2) is 5.82 Å². The number of hydrogen-bond acceptors (Lipinski definition) is 4. The Bertz CT molecular complexity index is 1690. The van der Waals surface area contributed by atoms with Gasteiger partial charge in [0, 0.05) is 11.1 Å². The van der Waals surface area contributed by atoms with Crippen molar-refractivity contribution in [2.75, 3.05) is 0 Å². The molecule has 0 saturated carbocycles. The number of para-hydroxylation sites is 1.